The van der Waals surface area contributed by atoms with E-state index in [9.17, 15) is 4.39 Å². The lowest BCUT2D eigenvalue weighted by Gasteiger charge is -2.19. The smallest absolute Gasteiger partial charge is 0.128 e. The van der Waals surface area contributed by atoms with Gasteiger partial charge in [-0.2, -0.15) is 5.26 Å². The Bertz CT molecular complexity index is 429. The van der Waals surface area contributed by atoms with Crippen LogP contribution in [0.3, 0.4) is 0 Å². The summed E-state index contributed by atoms with van der Waals surface area (Å²) in [5.74, 6) is -0.0693. The summed E-state index contributed by atoms with van der Waals surface area (Å²) in [6.45, 7) is 0. The summed E-state index contributed by atoms with van der Waals surface area (Å²) in [5.41, 5.74) is 1.08. The van der Waals surface area contributed by atoms with Gasteiger partial charge in [0.25, 0.3) is 0 Å². The summed E-state index contributed by atoms with van der Waals surface area (Å²) in [7, 11) is 0. The second-order valence-electron chi connectivity index (χ2n) is 3.79. The lowest BCUT2D eigenvalue weighted by Crippen LogP contribution is -2.06. The topological polar surface area (TPSA) is 23.8 Å². The molecule has 0 saturated carbocycles. The summed E-state index contributed by atoms with van der Waals surface area (Å²) < 4.78 is 13.6. The fraction of sp³-hybridized carbons (Fsp3) is 0.308. The van der Waals surface area contributed by atoms with E-state index in [1.165, 1.54) is 6.07 Å². The van der Waals surface area contributed by atoms with Gasteiger partial charge >= 0.3 is 0 Å². The van der Waals surface area contributed by atoms with Crippen molar-refractivity contribution >= 4 is 0 Å². The Morgan fingerprint density at radius 1 is 1.33 bits per heavy atom. The lowest BCUT2D eigenvalue weighted by atomic mass is 9.85. The Labute approximate surface area is 88.8 Å². The van der Waals surface area contributed by atoms with Crippen LogP contribution in [-0.2, 0) is 0 Å². The molecule has 0 bridgehead atoms. The largest absolute Gasteiger partial charge is 0.207 e. The molecule has 76 valence electrons. The molecule has 1 aliphatic carbocycles. The highest BCUT2D eigenvalue weighted by molar-refractivity contribution is 5.41. The molecule has 1 unspecified atom stereocenters. The third-order valence-corrected chi connectivity index (χ3v) is 2.85. The maximum atomic E-state index is 13.6. The monoisotopic (exact) mass is 201 g/mol. The summed E-state index contributed by atoms with van der Waals surface area (Å²) in [5, 5.41) is 8.94. The van der Waals surface area contributed by atoms with Crippen molar-refractivity contribution in [2.45, 2.75) is 25.2 Å². The molecule has 15 heavy (non-hydrogen) atoms. The van der Waals surface area contributed by atoms with Crippen LogP contribution in [0.15, 0.2) is 30.4 Å². The van der Waals surface area contributed by atoms with Crippen LogP contribution < -0.4 is 0 Å². The molecule has 2 heteroatoms. The first-order valence-electron chi connectivity index (χ1n) is 5.16. The van der Waals surface area contributed by atoms with Crippen molar-refractivity contribution in [2.24, 2.45) is 0 Å². The number of nitriles is 1. The quantitative estimate of drug-likeness (QED) is 0.638. The minimum Gasteiger partial charge on any atom is -0.207 e. The average molecular weight is 201 g/mol. The molecular weight excluding hydrogens is 189 g/mol. The minimum atomic E-state index is -0.241. The Morgan fingerprint density at radius 2 is 2.20 bits per heavy atom. The second-order valence-corrected chi connectivity index (χ2v) is 3.79. The van der Waals surface area contributed by atoms with Gasteiger partial charge in [-0.3, -0.25) is 0 Å². The molecule has 0 spiro atoms. The molecule has 1 nitrogen and oxygen atoms in total. The van der Waals surface area contributed by atoms with E-state index in [1.54, 1.807) is 12.1 Å². The first-order chi connectivity index (χ1) is 7.33. The lowest BCUT2D eigenvalue weighted by molar-refractivity contribution is 0.548. The van der Waals surface area contributed by atoms with E-state index in [-0.39, 0.29) is 11.7 Å². The Kier molecular flexibility index (Phi) is 2.82. The third kappa shape index (κ3) is 1.92. The highest BCUT2D eigenvalue weighted by Crippen LogP contribution is 2.32. The first kappa shape index (κ1) is 9.92. The number of rotatable bonds is 1. The molecule has 0 radical (unpaired) electrons. The molecule has 1 atom stereocenters. The standard InChI is InChI=1S/C13H12FN/c14-12-8-4-7-11(9-15)13(12)10-5-2-1-3-6-10/h1-2,4,7-8,10H,3,5-6H2. The van der Waals surface area contributed by atoms with Gasteiger partial charge in [-0.1, -0.05) is 18.2 Å². The van der Waals surface area contributed by atoms with Gasteiger partial charge in [0.15, 0.2) is 0 Å². The van der Waals surface area contributed by atoms with E-state index in [0.29, 0.717) is 11.1 Å². The fourth-order valence-corrected chi connectivity index (χ4v) is 2.11. The van der Waals surface area contributed by atoms with Gasteiger partial charge < -0.3 is 0 Å². The van der Waals surface area contributed by atoms with Crippen molar-refractivity contribution in [1.82, 2.24) is 0 Å². The van der Waals surface area contributed by atoms with Crippen molar-refractivity contribution in [2.75, 3.05) is 0 Å². The van der Waals surface area contributed by atoms with E-state index in [4.69, 9.17) is 5.26 Å². The van der Waals surface area contributed by atoms with Gasteiger partial charge in [0.1, 0.15) is 5.82 Å². The third-order valence-electron chi connectivity index (χ3n) is 2.85. The number of hydrogen-bond donors (Lipinski definition) is 0. The molecule has 1 aromatic rings. The van der Waals surface area contributed by atoms with E-state index in [1.807, 2.05) is 0 Å². The molecule has 0 heterocycles. The van der Waals surface area contributed by atoms with Crippen LogP contribution in [0, 0.1) is 17.1 Å². The summed E-state index contributed by atoms with van der Waals surface area (Å²) in [6.07, 6.45) is 6.94. The Hall–Kier alpha value is -1.62. The van der Waals surface area contributed by atoms with E-state index in [2.05, 4.69) is 18.2 Å². The van der Waals surface area contributed by atoms with Crippen molar-refractivity contribution in [3.05, 3.63) is 47.3 Å². The molecule has 0 saturated heterocycles. The predicted molar refractivity (Wildman–Crippen MR) is 56.8 cm³/mol. The molecule has 0 fully saturated rings. The molecule has 0 amide bonds. The van der Waals surface area contributed by atoms with Crippen LogP contribution in [0.25, 0.3) is 0 Å². The maximum Gasteiger partial charge on any atom is 0.128 e. The fourth-order valence-electron chi connectivity index (χ4n) is 2.11. The first-order valence-corrected chi connectivity index (χ1v) is 5.16. The average Bonchev–Trinajstić information content (AvgIpc) is 2.29. The highest BCUT2D eigenvalue weighted by atomic mass is 19.1. The minimum absolute atomic E-state index is 0.172. The van der Waals surface area contributed by atoms with Gasteiger partial charge in [-0.05, 0) is 37.3 Å². The van der Waals surface area contributed by atoms with Gasteiger partial charge in [0.05, 0.1) is 11.6 Å². The van der Waals surface area contributed by atoms with Crippen LogP contribution >= 0.6 is 0 Å². The number of nitrogens with zero attached hydrogens (tertiary/aromatic N) is 1. The maximum absolute atomic E-state index is 13.6. The van der Waals surface area contributed by atoms with E-state index >= 15 is 0 Å². The van der Waals surface area contributed by atoms with Gasteiger partial charge in [-0.15, -0.1) is 0 Å². The summed E-state index contributed by atoms with van der Waals surface area (Å²) in [4.78, 5) is 0. The van der Waals surface area contributed by atoms with Crippen molar-refractivity contribution in [1.29, 1.82) is 5.26 Å². The zero-order chi connectivity index (χ0) is 10.7. The van der Waals surface area contributed by atoms with Crippen LogP contribution in [0.1, 0.15) is 36.3 Å². The molecule has 1 aliphatic rings. The Balaban J connectivity index is 2.42. The number of hydrogen-bond acceptors (Lipinski definition) is 1. The zero-order valence-electron chi connectivity index (χ0n) is 8.41. The SMILES string of the molecule is N#Cc1cccc(F)c1C1CC=CCC1. The highest BCUT2D eigenvalue weighted by Gasteiger charge is 2.19. The van der Waals surface area contributed by atoms with Crippen LogP contribution in [0.4, 0.5) is 4.39 Å². The normalized spacial score (nSPS) is 19.9. The number of benzene rings is 1. The second kappa shape index (κ2) is 4.27. The zero-order valence-corrected chi connectivity index (χ0v) is 8.41. The molecule has 0 aliphatic heterocycles. The molecule has 2 rings (SSSR count). The molecule has 1 aromatic carbocycles. The van der Waals surface area contributed by atoms with Gasteiger partial charge in [-0.25, -0.2) is 4.39 Å². The van der Waals surface area contributed by atoms with Crippen LogP contribution in [0.2, 0.25) is 0 Å². The van der Waals surface area contributed by atoms with Crippen LogP contribution in [0.5, 0.6) is 0 Å². The van der Waals surface area contributed by atoms with Crippen molar-refractivity contribution in [3.63, 3.8) is 0 Å². The van der Waals surface area contributed by atoms with Gasteiger partial charge in [0, 0.05) is 5.56 Å². The molecule has 0 aromatic heterocycles. The number of allylic oxidation sites excluding steroid dienone is 2. The predicted octanol–water partition coefficient (Wildman–Crippen LogP) is 3.52. The molecular formula is C13H12FN. The van der Waals surface area contributed by atoms with E-state index < -0.39 is 0 Å². The van der Waals surface area contributed by atoms with Crippen molar-refractivity contribution < 1.29 is 4.39 Å². The van der Waals surface area contributed by atoms with Crippen molar-refractivity contribution in [3.8, 4) is 6.07 Å². The number of halogens is 1. The summed E-state index contributed by atoms with van der Waals surface area (Å²) in [6, 6.07) is 6.79. The molecule has 0 N–H and O–H groups in total. The summed E-state index contributed by atoms with van der Waals surface area (Å²) >= 11 is 0. The van der Waals surface area contributed by atoms with Gasteiger partial charge in [0.2, 0.25) is 0 Å². The van der Waals surface area contributed by atoms with Crippen LogP contribution in [-0.4, -0.2) is 0 Å². The Morgan fingerprint density at radius 3 is 2.87 bits per heavy atom. The van der Waals surface area contributed by atoms with E-state index in [0.717, 1.165) is 19.3 Å².